The van der Waals surface area contributed by atoms with Gasteiger partial charge in [0.1, 0.15) is 10.8 Å². The van der Waals surface area contributed by atoms with Crippen molar-refractivity contribution >= 4 is 43.8 Å². The van der Waals surface area contributed by atoms with E-state index in [1.807, 2.05) is 12.2 Å². The Bertz CT molecular complexity index is 369. The lowest BCUT2D eigenvalue weighted by Gasteiger charge is -2.49. The maximum Gasteiger partial charge on any atom is 0.325 e. The van der Waals surface area contributed by atoms with Crippen molar-refractivity contribution in [3.63, 3.8) is 0 Å². The number of hydrogen-bond acceptors (Lipinski definition) is 3. The number of halogens is 2. The molecule has 1 aliphatic heterocycles. The minimum absolute atomic E-state index is 0.203. The van der Waals surface area contributed by atoms with Gasteiger partial charge >= 0.3 is 11.9 Å². The van der Waals surface area contributed by atoms with Gasteiger partial charge in [-0.15, -0.1) is 0 Å². The first-order valence-corrected chi connectivity index (χ1v) is 6.60. The van der Waals surface area contributed by atoms with Crippen molar-refractivity contribution in [3.05, 3.63) is 12.2 Å². The first kappa shape index (κ1) is 10.0. The lowest BCUT2D eigenvalue weighted by molar-refractivity contribution is -0.154. The summed E-state index contributed by atoms with van der Waals surface area (Å²) < 4.78 is 4.79. The summed E-state index contributed by atoms with van der Waals surface area (Å²) in [5.74, 6) is -0.752. The van der Waals surface area contributed by atoms with Crippen LogP contribution in [0.15, 0.2) is 12.2 Å². The summed E-state index contributed by atoms with van der Waals surface area (Å²) in [5.41, 5.74) is -1.36. The summed E-state index contributed by atoms with van der Waals surface area (Å²) >= 11 is 7.06. The average molecular weight is 336 g/mol. The fourth-order valence-corrected chi connectivity index (χ4v) is 4.19. The van der Waals surface area contributed by atoms with Crippen LogP contribution in [0, 0.1) is 10.8 Å². The Kier molecular flexibility index (Phi) is 1.83. The van der Waals surface area contributed by atoms with Gasteiger partial charge in [-0.2, -0.15) is 0 Å². The van der Waals surface area contributed by atoms with Gasteiger partial charge < -0.3 is 4.74 Å². The van der Waals surface area contributed by atoms with Crippen LogP contribution in [0.3, 0.4) is 0 Å². The molecule has 1 saturated carbocycles. The molecule has 2 fully saturated rings. The molecular formula is C10H8Br2O3. The van der Waals surface area contributed by atoms with Gasteiger partial charge in [0.25, 0.3) is 0 Å². The predicted molar refractivity (Wildman–Crippen MR) is 59.8 cm³/mol. The Balaban J connectivity index is 2.12. The molecule has 3 rings (SSSR count). The van der Waals surface area contributed by atoms with E-state index in [0.717, 1.165) is 0 Å². The molecule has 3 nitrogen and oxygen atoms in total. The highest BCUT2D eigenvalue weighted by atomic mass is 79.9. The van der Waals surface area contributed by atoms with Crippen molar-refractivity contribution in [1.82, 2.24) is 0 Å². The van der Waals surface area contributed by atoms with Crippen molar-refractivity contribution in [3.8, 4) is 0 Å². The molecule has 15 heavy (non-hydrogen) atoms. The van der Waals surface area contributed by atoms with E-state index in [4.69, 9.17) is 4.74 Å². The topological polar surface area (TPSA) is 43.4 Å². The first-order valence-electron chi connectivity index (χ1n) is 4.77. The lowest BCUT2D eigenvalue weighted by atomic mass is 9.50. The monoisotopic (exact) mass is 334 g/mol. The molecule has 1 saturated heterocycles. The molecule has 80 valence electrons. The second-order valence-corrected chi connectivity index (χ2v) is 6.75. The van der Waals surface area contributed by atoms with Gasteiger partial charge in [-0.25, -0.2) is 0 Å². The Morgan fingerprint density at radius 1 is 1.07 bits per heavy atom. The Hall–Kier alpha value is -0.160. The van der Waals surface area contributed by atoms with E-state index in [9.17, 15) is 9.59 Å². The van der Waals surface area contributed by atoms with Crippen LogP contribution in [-0.4, -0.2) is 21.6 Å². The van der Waals surface area contributed by atoms with Gasteiger partial charge in [0.15, 0.2) is 0 Å². The number of esters is 2. The molecule has 0 aromatic rings. The predicted octanol–water partition coefficient (Wildman–Crippen LogP) is 1.93. The van der Waals surface area contributed by atoms with Gasteiger partial charge in [-0.1, -0.05) is 44.0 Å². The third-order valence-electron chi connectivity index (χ3n) is 3.79. The highest BCUT2D eigenvalue weighted by Gasteiger charge is 2.73. The molecule has 4 atom stereocenters. The number of carbonyl (C=O) groups is 2. The minimum atomic E-state index is -0.678. The second-order valence-electron chi connectivity index (χ2n) is 4.39. The van der Waals surface area contributed by atoms with Crippen molar-refractivity contribution in [1.29, 1.82) is 0 Å². The number of alkyl halides is 2. The summed E-state index contributed by atoms with van der Waals surface area (Å²) in [6.45, 7) is 0. The van der Waals surface area contributed by atoms with Crippen LogP contribution in [0.5, 0.6) is 0 Å². The van der Waals surface area contributed by atoms with Crippen molar-refractivity contribution in [2.24, 2.45) is 10.8 Å². The molecule has 2 aliphatic carbocycles. The second kappa shape index (κ2) is 2.74. The molecule has 1 heterocycles. The number of carbonyl (C=O) groups excluding carboxylic acids is 2. The van der Waals surface area contributed by atoms with Gasteiger partial charge in [0.05, 0.1) is 0 Å². The van der Waals surface area contributed by atoms with Crippen LogP contribution in [0.25, 0.3) is 0 Å². The zero-order valence-electron chi connectivity index (χ0n) is 7.70. The highest BCUT2D eigenvalue weighted by molar-refractivity contribution is 9.12. The highest BCUT2D eigenvalue weighted by Crippen LogP contribution is 2.65. The Morgan fingerprint density at radius 3 is 1.80 bits per heavy atom. The molecule has 0 bridgehead atoms. The Morgan fingerprint density at radius 2 is 1.47 bits per heavy atom. The third kappa shape index (κ3) is 0.923. The summed E-state index contributed by atoms with van der Waals surface area (Å²) in [6.07, 6.45) is 4.91. The molecule has 3 aliphatic rings. The standard InChI is InChI=1S/C10H8Br2O3/c11-5-3-9-1-2-10(9,4-6(5)12)8(14)15-7(9)13/h1-2,5-6H,3-4H2/t5-,6-,9-,10+/m1/s1. The zero-order chi connectivity index (χ0) is 10.8. The molecule has 0 amide bonds. The van der Waals surface area contributed by atoms with Crippen LogP contribution < -0.4 is 0 Å². The minimum Gasteiger partial charge on any atom is -0.392 e. The van der Waals surface area contributed by atoms with E-state index >= 15 is 0 Å². The number of rotatable bonds is 0. The first-order chi connectivity index (χ1) is 7.02. The van der Waals surface area contributed by atoms with Crippen LogP contribution in [0.4, 0.5) is 0 Å². The molecule has 0 aromatic heterocycles. The van der Waals surface area contributed by atoms with Crippen molar-refractivity contribution < 1.29 is 14.3 Å². The smallest absolute Gasteiger partial charge is 0.325 e. The zero-order valence-corrected chi connectivity index (χ0v) is 10.9. The molecular weight excluding hydrogens is 328 g/mol. The molecule has 0 radical (unpaired) electrons. The fraction of sp³-hybridized carbons (Fsp3) is 0.600. The lowest BCUT2D eigenvalue weighted by Crippen LogP contribution is -2.55. The molecule has 0 spiro atoms. The number of cyclic esters (lactones) is 2. The van der Waals surface area contributed by atoms with Gasteiger partial charge in [-0.05, 0) is 12.8 Å². The van der Waals surface area contributed by atoms with Crippen molar-refractivity contribution in [2.75, 3.05) is 0 Å². The average Bonchev–Trinajstić information content (AvgIpc) is 2.29. The van der Waals surface area contributed by atoms with Crippen LogP contribution in [0.2, 0.25) is 0 Å². The van der Waals surface area contributed by atoms with Gasteiger partial charge in [0, 0.05) is 9.65 Å². The van der Waals surface area contributed by atoms with Crippen LogP contribution in [0.1, 0.15) is 12.8 Å². The number of ether oxygens (including phenoxy) is 1. The van der Waals surface area contributed by atoms with Crippen LogP contribution in [-0.2, 0) is 14.3 Å². The summed E-state index contributed by atoms with van der Waals surface area (Å²) in [6, 6.07) is 0. The van der Waals surface area contributed by atoms with Gasteiger partial charge in [-0.3, -0.25) is 9.59 Å². The molecule has 0 N–H and O–H groups in total. The maximum atomic E-state index is 11.7. The maximum absolute atomic E-state index is 11.7. The summed E-state index contributed by atoms with van der Waals surface area (Å²) in [4.78, 5) is 23.8. The molecule has 5 heteroatoms. The summed E-state index contributed by atoms with van der Waals surface area (Å²) in [7, 11) is 0. The van der Waals surface area contributed by atoms with Gasteiger partial charge in [0.2, 0.25) is 0 Å². The molecule has 0 unspecified atom stereocenters. The van der Waals surface area contributed by atoms with E-state index in [1.54, 1.807) is 0 Å². The Labute approximate surface area is 103 Å². The SMILES string of the molecule is O=C1OC(=O)[C@]23C=C[C@]12C[C@@H](Br)[C@H](Br)C3. The third-order valence-corrected chi connectivity index (χ3v) is 6.42. The van der Waals surface area contributed by atoms with E-state index in [-0.39, 0.29) is 21.6 Å². The van der Waals surface area contributed by atoms with Crippen molar-refractivity contribution in [2.45, 2.75) is 22.5 Å². The molecule has 0 aromatic carbocycles. The summed E-state index contributed by atoms with van der Waals surface area (Å²) in [5, 5.41) is 0. The van der Waals surface area contributed by atoms with E-state index in [0.29, 0.717) is 12.8 Å². The van der Waals surface area contributed by atoms with E-state index < -0.39 is 10.8 Å². The number of hydrogen-bond donors (Lipinski definition) is 0. The normalized spacial score (nSPS) is 51.9. The largest absolute Gasteiger partial charge is 0.392 e. The van der Waals surface area contributed by atoms with Crippen LogP contribution >= 0.6 is 31.9 Å². The van der Waals surface area contributed by atoms with E-state index in [1.165, 1.54) is 0 Å². The van der Waals surface area contributed by atoms with E-state index in [2.05, 4.69) is 31.9 Å². The fourth-order valence-electron chi connectivity index (χ4n) is 2.79. The quantitative estimate of drug-likeness (QED) is 0.294.